The van der Waals surface area contributed by atoms with Crippen molar-refractivity contribution >= 4 is 9.84 Å². The van der Waals surface area contributed by atoms with Crippen LogP contribution < -0.4 is 5.90 Å². The molecule has 0 saturated carbocycles. The molecule has 0 bridgehead atoms. The van der Waals surface area contributed by atoms with Crippen LogP contribution in [0.3, 0.4) is 0 Å². The van der Waals surface area contributed by atoms with E-state index in [1.165, 1.54) is 0 Å². The fourth-order valence-corrected chi connectivity index (χ4v) is 3.17. The van der Waals surface area contributed by atoms with Crippen LogP contribution in [0.25, 0.3) is 0 Å². The zero-order chi connectivity index (χ0) is 10.1. The van der Waals surface area contributed by atoms with Crippen LogP contribution in [-0.4, -0.2) is 25.5 Å². The van der Waals surface area contributed by atoms with Crippen molar-refractivity contribution in [3.8, 4) is 0 Å². The van der Waals surface area contributed by atoms with Gasteiger partial charge in [-0.3, -0.25) is 4.84 Å². The highest BCUT2D eigenvalue weighted by molar-refractivity contribution is 7.91. The Hall–Kier alpha value is -0.130. The fourth-order valence-electron chi connectivity index (χ4n) is 1.68. The number of hydrogen-bond donors (Lipinski definition) is 1. The molecule has 0 aromatic rings. The topological polar surface area (TPSA) is 69.4 Å². The van der Waals surface area contributed by atoms with E-state index in [-0.39, 0.29) is 17.4 Å². The average Bonchev–Trinajstić information content (AvgIpc) is 2.04. The molecule has 1 fully saturated rings. The molecule has 1 rings (SSSR count). The van der Waals surface area contributed by atoms with E-state index in [2.05, 4.69) is 0 Å². The third-order valence-electron chi connectivity index (χ3n) is 2.84. The fraction of sp³-hybridized carbons (Fsp3) is 1.00. The van der Waals surface area contributed by atoms with Gasteiger partial charge in [-0.25, -0.2) is 14.3 Å². The first kappa shape index (κ1) is 10.9. The van der Waals surface area contributed by atoms with Gasteiger partial charge in [-0.2, -0.15) is 0 Å². The Kier molecular flexibility index (Phi) is 2.99. The average molecular weight is 207 g/mol. The zero-order valence-corrected chi connectivity index (χ0v) is 8.93. The van der Waals surface area contributed by atoms with E-state index in [9.17, 15) is 8.42 Å². The van der Waals surface area contributed by atoms with Crippen LogP contribution in [0.2, 0.25) is 0 Å². The third kappa shape index (κ3) is 2.65. The van der Waals surface area contributed by atoms with Crippen molar-refractivity contribution in [2.45, 2.75) is 32.3 Å². The SMILES string of the molecule is CC(C)(ON)C1CCS(=O)(=O)CC1. The van der Waals surface area contributed by atoms with E-state index in [0.717, 1.165) is 0 Å². The maximum absolute atomic E-state index is 11.1. The molecule has 1 saturated heterocycles. The van der Waals surface area contributed by atoms with Gasteiger partial charge in [0.05, 0.1) is 17.1 Å². The standard InChI is InChI=1S/C8H17NO3S/c1-8(2,12-9)7-3-5-13(10,11)6-4-7/h7H,3-6,9H2,1-2H3. The quantitative estimate of drug-likeness (QED) is 0.669. The van der Waals surface area contributed by atoms with Gasteiger partial charge in [0.1, 0.15) is 9.84 Å². The smallest absolute Gasteiger partial charge is 0.150 e. The first-order valence-electron chi connectivity index (χ1n) is 4.46. The molecular weight excluding hydrogens is 190 g/mol. The molecule has 0 radical (unpaired) electrons. The van der Waals surface area contributed by atoms with Gasteiger partial charge in [-0.1, -0.05) is 0 Å². The molecule has 1 aliphatic rings. The molecule has 1 heterocycles. The molecule has 0 aromatic heterocycles. The summed E-state index contributed by atoms with van der Waals surface area (Å²) in [7, 11) is -2.78. The van der Waals surface area contributed by atoms with Crippen LogP contribution >= 0.6 is 0 Å². The molecule has 0 spiro atoms. The Balaban J connectivity index is 2.60. The Morgan fingerprint density at radius 2 is 1.77 bits per heavy atom. The maximum Gasteiger partial charge on any atom is 0.150 e. The van der Waals surface area contributed by atoms with Crippen LogP contribution in [-0.2, 0) is 14.7 Å². The number of sulfone groups is 1. The molecule has 0 aromatic carbocycles. The van der Waals surface area contributed by atoms with Crippen LogP contribution in [0.1, 0.15) is 26.7 Å². The molecule has 13 heavy (non-hydrogen) atoms. The monoisotopic (exact) mass is 207 g/mol. The lowest BCUT2D eigenvalue weighted by Gasteiger charge is -2.34. The van der Waals surface area contributed by atoms with Crippen LogP contribution in [0.5, 0.6) is 0 Å². The number of hydrogen-bond acceptors (Lipinski definition) is 4. The number of rotatable bonds is 2. The molecule has 0 atom stereocenters. The van der Waals surface area contributed by atoms with Gasteiger partial charge in [0.2, 0.25) is 0 Å². The van der Waals surface area contributed by atoms with Gasteiger partial charge in [0.15, 0.2) is 0 Å². The molecule has 5 heteroatoms. The summed E-state index contributed by atoms with van der Waals surface area (Å²) in [6.07, 6.45) is 1.32. The molecular formula is C8H17NO3S. The second kappa shape index (κ2) is 3.55. The molecule has 2 N–H and O–H groups in total. The Morgan fingerprint density at radius 3 is 2.15 bits per heavy atom. The van der Waals surface area contributed by atoms with Gasteiger partial charge < -0.3 is 0 Å². The lowest BCUT2D eigenvalue weighted by molar-refractivity contribution is -0.0653. The molecule has 0 unspecified atom stereocenters. The van der Waals surface area contributed by atoms with Crippen molar-refractivity contribution in [3.63, 3.8) is 0 Å². The summed E-state index contributed by atoms with van der Waals surface area (Å²) >= 11 is 0. The van der Waals surface area contributed by atoms with Crippen LogP contribution in [0.4, 0.5) is 0 Å². The molecule has 0 aliphatic carbocycles. The highest BCUT2D eigenvalue weighted by Crippen LogP contribution is 2.30. The minimum Gasteiger partial charge on any atom is -0.298 e. The van der Waals surface area contributed by atoms with Crippen molar-refractivity contribution in [2.24, 2.45) is 11.8 Å². The Labute approximate surface area is 79.3 Å². The predicted molar refractivity (Wildman–Crippen MR) is 50.7 cm³/mol. The van der Waals surface area contributed by atoms with E-state index in [0.29, 0.717) is 12.8 Å². The van der Waals surface area contributed by atoms with E-state index in [4.69, 9.17) is 10.7 Å². The van der Waals surface area contributed by atoms with Crippen molar-refractivity contribution in [3.05, 3.63) is 0 Å². The number of nitrogens with two attached hydrogens (primary N) is 1. The first-order valence-corrected chi connectivity index (χ1v) is 6.28. The first-order chi connectivity index (χ1) is 5.87. The maximum atomic E-state index is 11.1. The van der Waals surface area contributed by atoms with E-state index in [1.807, 2.05) is 13.8 Å². The zero-order valence-electron chi connectivity index (χ0n) is 8.12. The summed E-state index contributed by atoms with van der Waals surface area (Å²) < 4.78 is 22.3. The van der Waals surface area contributed by atoms with Gasteiger partial charge in [-0.15, -0.1) is 0 Å². The minimum absolute atomic E-state index is 0.251. The predicted octanol–water partition coefficient (Wildman–Crippen LogP) is 0.480. The van der Waals surface area contributed by atoms with Crippen molar-refractivity contribution in [1.29, 1.82) is 0 Å². The highest BCUT2D eigenvalue weighted by atomic mass is 32.2. The normalized spacial score (nSPS) is 24.5. The summed E-state index contributed by atoms with van der Waals surface area (Å²) in [5.41, 5.74) is -0.407. The van der Waals surface area contributed by atoms with Gasteiger partial charge >= 0.3 is 0 Å². The lowest BCUT2D eigenvalue weighted by atomic mass is 9.86. The Bertz CT molecular complexity index is 257. The second-order valence-electron chi connectivity index (χ2n) is 4.15. The summed E-state index contributed by atoms with van der Waals surface area (Å²) in [6.45, 7) is 3.80. The lowest BCUT2D eigenvalue weighted by Crippen LogP contribution is -2.41. The highest BCUT2D eigenvalue weighted by Gasteiger charge is 2.35. The van der Waals surface area contributed by atoms with Crippen molar-refractivity contribution in [1.82, 2.24) is 0 Å². The molecule has 0 amide bonds. The second-order valence-corrected chi connectivity index (χ2v) is 6.45. The van der Waals surface area contributed by atoms with Crippen molar-refractivity contribution < 1.29 is 13.3 Å². The van der Waals surface area contributed by atoms with E-state index >= 15 is 0 Å². The summed E-state index contributed by atoms with van der Waals surface area (Å²) in [5.74, 6) is 5.94. The minimum atomic E-state index is -2.78. The summed E-state index contributed by atoms with van der Waals surface area (Å²) in [5, 5.41) is 0. The summed E-state index contributed by atoms with van der Waals surface area (Å²) in [4.78, 5) is 4.85. The van der Waals surface area contributed by atoms with E-state index in [1.54, 1.807) is 0 Å². The largest absolute Gasteiger partial charge is 0.298 e. The molecule has 4 nitrogen and oxygen atoms in total. The van der Waals surface area contributed by atoms with Gasteiger partial charge in [-0.05, 0) is 32.6 Å². The van der Waals surface area contributed by atoms with Gasteiger partial charge in [0.25, 0.3) is 0 Å². The Morgan fingerprint density at radius 1 is 1.31 bits per heavy atom. The van der Waals surface area contributed by atoms with Crippen molar-refractivity contribution in [2.75, 3.05) is 11.5 Å². The molecule has 78 valence electrons. The molecule has 1 aliphatic heterocycles. The van der Waals surface area contributed by atoms with Crippen LogP contribution in [0, 0.1) is 5.92 Å². The van der Waals surface area contributed by atoms with Gasteiger partial charge in [0, 0.05) is 0 Å². The summed E-state index contributed by atoms with van der Waals surface area (Å²) in [6, 6.07) is 0. The third-order valence-corrected chi connectivity index (χ3v) is 4.56. The van der Waals surface area contributed by atoms with E-state index < -0.39 is 15.4 Å². The van der Waals surface area contributed by atoms with Crippen LogP contribution in [0.15, 0.2) is 0 Å².